The summed E-state index contributed by atoms with van der Waals surface area (Å²) in [5.74, 6) is 0.606. The molecule has 0 spiro atoms. The summed E-state index contributed by atoms with van der Waals surface area (Å²) in [6.45, 7) is 7.04. The molecule has 1 atom stereocenters. The highest BCUT2D eigenvalue weighted by Crippen LogP contribution is 2.35. The fourth-order valence-corrected chi connectivity index (χ4v) is 4.19. The van der Waals surface area contributed by atoms with E-state index in [-0.39, 0.29) is 0 Å². The van der Waals surface area contributed by atoms with Gasteiger partial charge in [-0.1, -0.05) is 62.4 Å². The van der Waals surface area contributed by atoms with Gasteiger partial charge in [0.1, 0.15) is 0 Å². The molecule has 1 aliphatic rings. The van der Waals surface area contributed by atoms with Crippen LogP contribution in [0.4, 0.5) is 17.3 Å². The van der Waals surface area contributed by atoms with Crippen LogP contribution in [0.3, 0.4) is 0 Å². The fraction of sp³-hybridized carbons (Fsp3) is 0.320. The van der Waals surface area contributed by atoms with E-state index in [9.17, 15) is 17.3 Å². The summed E-state index contributed by atoms with van der Waals surface area (Å²) in [6, 6.07) is 24.7. The van der Waals surface area contributed by atoms with Crippen LogP contribution in [0.2, 0.25) is 0 Å². The van der Waals surface area contributed by atoms with Crippen molar-refractivity contribution in [2.45, 2.75) is 46.1 Å². The van der Waals surface area contributed by atoms with Crippen molar-refractivity contribution < 1.29 is 21.8 Å². The van der Waals surface area contributed by atoms with E-state index in [0.29, 0.717) is 12.0 Å². The smallest absolute Gasteiger partial charge is 0.418 e. The lowest BCUT2D eigenvalue weighted by Crippen LogP contribution is -2.46. The molecule has 1 heterocycles. The summed E-state index contributed by atoms with van der Waals surface area (Å²) >= 11 is 0. The van der Waals surface area contributed by atoms with Crippen LogP contribution >= 0.6 is 0 Å². The number of rotatable bonds is 4. The van der Waals surface area contributed by atoms with Crippen molar-refractivity contribution in [1.29, 1.82) is 0 Å². The van der Waals surface area contributed by atoms with Gasteiger partial charge in [0, 0.05) is 29.5 Å². The van der Waals surface area contributed by atoms with Gasteiger partial charge in [-0.05, 0) is 43.0 Å². The Kier molecular flexibility index (Phi) is 7.19. The van der Waals surface area contributed by atoms with Gasteiger partial charge in [-0.2, -0.15) is 4.57 Å². The number of hydrogen-bond acceptors (Lipinski definition) is 0. The third kappa shape index (κ3) is 5.75. The highest BCUT2D eigenvalue weighted by atomic mass is 19.5. The quantitative estimate of drug-likeness (QED) is 0.233. The molecule has 3 aromatic rings. The number of halogens is 4. The summed E-state index contributed by atoms with van der Waals surface area (Å²) in [4.78, 5) is 0. The van der Waals surface area contributed by atoms with Gasteiger partial charge in [0.2, 0.25) is 5.69 Å². The third-order valence-electron chi connectivity index (χ3n) is 5.87. The molecule has 0 saturated carbocycles. The minimum Gasteiger partial charge on any atom is -0.418 e. The molecular formula is C25H28BF4N. The molecule has 0 amide bonds. The molecule has 1 unspecified atom stereocenters. The van der Waals surface area contributed by atoms with Crippen molar-refractivity contribution in [3.05, 3.63) is 78.0 Å². The number of nitrogens with zero attached hydrogens (tertiary/aromatic N) is 1. The highest BCUT2D eigenvalue weighted by Gasteiger charge is 2.33. The van der Waals surface area contributed by atoms with Crippen molar-refractivity contribution >= 4 is 7.25 Å². The van der Waals surface area contributed by atoms with Crippen LogP contribution in [0.15, 0.2) is 66.7 Å². The summed E-state index contributed by atoms with van der Waals surface area (Å²) in [7, 11) is -6.00. The summed E-state index contributed by atoms with van der Waals surface area (Å²) in [5, 5.41) is 0. The molecular weight excluding hydrogens is 401 g/mol. The van der Waals surface area contributed by atoms with Crippen molar-refractivity contribution in [3.8, 4) is 22.4 Å². The maximum atomic E-state index is 9.75. The van der Waals surface area contributed by atoms with Gasteiger partial charge in [-0.25, -0.2) is 0 Å². The second-order valence-electron chi connectivity index (χ2n) is 8.30. The van der Waals surface area contributed by atoms with Crippen LogP contribution < -0.4 is 4.57 Å². The first-order valence-electron chi connectivity index (χ1n) is 10.7. The highest BCUT2D eigenvalue weighted by molar-refractivity contribution is 6.50. The predicted octanol–water partition coefficient (Wildman–Crippen LogP) is 7.31. The Morgan fingerprint density at radius 1 is 0.774 bits per heavy atom. The Hall–Kier alpha value is -2.63. The minimum absolute atomic E-state index is 0.488. The number of benzene rings is 2. The molecule has 0 fully saturated rings. The van der Waals surface area contributed by atoms with E-state index in [2.05, 4.69) is 92.1 Å². The standard InChI is InChI=1S/C25H28N.BF4/c1-18(2)19(3)26-24-16-10-15-22(24)23(20-11-6-4-7-12-20)17-25(26)21-13-8-5-9-14-21;2-1(3,4)5/h4-9,11-14,17-19H,10,15-16H2,1-3H3;/q+1;-1. The second-order valence-corrected chi connectivity index (χ2v) is 8.30. The van der Waals surface area contributed by atoms with Gasteiger partial charge in [-0.3, -0.25) is 0 Å². The molecule has 31 heavy (non-hydrogen) atoms. The Bertz CT molecular complexity index is 996. The van der Waals surface area contributed by atoms with E-state index in [4.69, 9.17) is 0 Å². The van der Waals surface area contributed by atoms with Crippen molar-refractivity contribution in [2.24, 2.45) is 5.92 Å². The van der Waals surface area contributed by atoms with E-state index >= 15 is 0 Å². The van der Waals surface area contributed by atoms with Crippen LogP contribution in [0.1, 0.15) is 44.5 Å². The number of aromatic nitrogens is 1. The average molecular weight is 429 g/mol. The van der Waals surface area contributed by atoms with E-state index in [1.807, 2.05) is 0 Å². The monoisotopic (exact) mass is 429 g/mol. The van der Waals surface area contributed by atoms with Crippen LogP contribution in [-0.4, -0.2) is 7.25 Å². The zero-order chi connectivity index (χ0) is 22.6. The molecule has 2 aromatic carbocycles. The molecule has 0 saturated heterocycles. The van der Waals surface area contributed by atoms with E-state index in [1.165, 1.54) is 41.6 Å². The first kappa shape index (κ1) is 23.0. The van der Waals surface area contributed by atoms with E-state index in [0.717, 1.165) is 0 Å². The van der Waals surface area contributed by atoms with Crippen LogP contribution in [0.5, 0.6) is 0 Å². The van der Waals surface area contributed by atoms with Crippen LogP contribution in [-0.2, 0) is 12.8 Å². The average Bonchev–Trinajstić information content (AvgIpc) is 3.22. The summed E-state index contributed by atoms with van der Waals surface area (Å²) < 4.78 is 41.6. The molecule has 1 nitrogen and oxygen atoms in total. The van der Waals surface area contributed by atoms with Gasteiger partial charge >= 0.3 is 7.25 Å². The topological polar surface area (TPSA) is 3.88 Å². The van der Waals surface area contributed by atoms with Crippen LogP contribution in [0.25, 0.3) is 22.4 Å². The Morgan fingerprint density at radius 3 is 1.81 bits per heavy atom. The van der Waals surface area contributed by atoms with Crippen molar-refractivity contribution in [2.75, 3.05) is 0 Å². The number of hydrogen-bond donors (Lipinski definition) is 0. The minimum atomic E-state index is -6.00. The van der Waals surface area contributed by atoms with E-state index < -0.39 is 7.25 Å². The van der Waals surface area contributed by atoms with E-state index in [1.54, 1.807) is 11.3 Å². The summed E-state index contributed by atoms with van der Waals surface area (Å²) in [5.41, 5.74) is 8.53. The fourth-order valence-electron chi connectivity index (χ4n) is 4.19. The maximum Gasteiger partial charge on any atom is 0.673 e. The molecule has 0 bridgehead atoms. The predicted molar refractivity (Wildman–Crippen MR) is 119 cm³/mol. The maximum absolute atomic E-state index is 9.75. The first-order valence-corrected chi connectivity index (χ1v) is 10.7. The lowest BCUT2D eigenvalue weighted by Gasteiger charge is -2.20. The molecule has 0 radical (unpaired) electrons. The SMILES string of the molecule is CC(C)C(C)[n+]1c(-c2ccccc2)cc(-c2ccccc2)c2c1CCC2.F[B-](F)(F)F. The molecule has 164 valence electrons. The number of pyridine rings is 1. The van der Waals surface area contributed by atoms with Gasteiger partial charge < -0.3 is 17.3 Å². The lowest BCUT2D eigenvalue weighted by molar-refractivity contribution is -0.722. The Morgan fingerprint density at radius 2 is 1.29 bits per heavy atom. The molecule has 0 N–H and O–H groups in total. The van der Waals surface area contributed by atoms with Gasteiger partial charge in [0.05, 0.1) is 0 Å². The van der Waals surface area contributed by atoms with Crippen molar-refractivity contribution in [3.63, 3.8) is 0 Å². The lowest BCUT2D eigenvalue weighted by atomic mass is 9.94. The van der Waals surface area contributed by atoms with Gasteiger partial charge in [0.15, 0.2) is 11.7 Å². The third-order valence-corrected chi connectivity index (χ3v) is 5.87. The molecule has 6 heteroatoms. The normalized spacial score (nSPS) is 14.1. The first-order chi connectivity index (χ1) is 14.7. The molecule has 4 rings (SSSR count). The Balaban J connectivity index is 0.000000491. The zero-order valence-corrected chi connectivity index (χ0v) is 18.2. The second kappa shape index (κ2) is 9.67. The molecule has 0 aliphatic heterocycles. The molecule has 1 aliphatic carbocycles. The largest absolute Gasteiger partial charge is 0.673 e. The van der Waals surface area contributed by atoms with Crippen LogP contribution in [0, 0.1) is 5.92 Å². The Labute approximate surface area is 181 Å². The van der Waals surface area contributed by atoms with Crippen molar-refractivity contribution in [1.82, 2.24) is 0 Å². The van der Waals surface area contributed by atoms with Gasteiger partial charge in [0.25, 0.3) is 0 Å². The number of fused-ring (bicyclic) bond motifs is 1. The zero-order valence-electron chi connectivity index (χ0n) is 18.2. The molecule has 1 aromatic heterocycles. The summed E-state index contributed by atoms with van der Waals surface area (Å²) in [6.07, 6.45) is 3.64. The van der Waals surface area contributed by atoms with Gasteiger partial charge in [-0.15, -0.1) is 0 Å².